The van der Waals surface area contributed by atoms with E-state index in [1.165, 1.54) is 24.4 Å². The molecule has 5 rings (SSSR count). The Kier molecular flexibility index (Phi) is 6.67. The third kappa shape index (κ3) is 4.93. The number of amides is 1. The molecule has 2 aromatic rings. The highest BCUT2D eigenvalue weighted by atomic mass is 35.5. The zero-order chi connectivity index (χ0) is 23.4. The molecule has 1 saturated carbocycles. The van der Waals surface area contributed by atoms with Crippen LogP contribution in [0.2, 0.25) is 0 Å². The van der Waals surface area contributed by atoms with E-state index >= 15 is 0 Å². The molecule has 1 aliphatic heterocycles. The number of ether oxygens (including phenoxy) is 1. The third-order valence-electron chi connectivity index (χ3n) is 6.63. The van der Waals surface area contributed by atoms with E-state index < -0.39 is 17.0 Å². The van der Waals surface area contributed by atoms with Gasteiger partial charge in [-0.05, 0) is 48.8 Å². The van der Waals surface area contributed by atoms with Crippen molar-refractivity contribution >= 4 is 40.4 Å². The van der Waals surface area contributed by atoms with Crippen molar-refractivity contribution in [3.8, 4) is 5.75 Å². The van der Waals surface area contributed by atoms with Crippen LogP contribution in [0, 0.1) is 0 Å². The zero-order valence-corrected chi connectivity index (χ0v) is 19.7. The van der Waals surface area contributed by atoms with Gasteiger partial charge in [-0.2, -0.15) is 10.6 Å². The zero-order valence-electron chi connectivity index (χ0n) is 18.0. The number of hydrogen-bond acceptors (Lipinski definition) is 6. The normalized spacial score (nSPS) is 23.6. The molecule has 2 heterocycles. The first-order valence-corrected chi connectivity index (χ1v) is 12.7. The lowest BCUT2D eigenvalue weighted by Crippen LogP contribution is -2.42. The highest BCUT2D eigenvalue weighted by molar-refractivity contribution is 8.24. The fraction of sp³-hybridized carbons (Fsp3) is 0.455. The van der Waals surface area contributed by atoms with Crippen LogP contribution in [-0.2, 0) is 0 Å². The first-order chi connectivity index (χ1) is 15.6. The summed E-state index contributed by atoms with van der Waals surface area (Å²) in [5.74, 6) is 0.910. The first-order valence-electron chi connectivity index (χ1n) is 10.8. The van der Waals surface area contributed by atoms with Crippen LogP contribution >= 0.6 is 23.0 Å². The van der Waals surface area contributed by atoms with E-state index in [-0.39, 0.29) is 60.5 Å². The number of nitrogens with one attached hydrogen (secondary N) is 1. The quantitative estimate of drug-likeness (QED) is 0.478. The minimum atomic E-state index is -4.78. The molecule has 2 unspecified atom stereocenters. The Morgan fingerprint density at radius 3 is 2.50 bits per heavy atom. The summed E-state index contributed by atoms with van der Waals surface area (Å²) >= 11 is 0. The number of aromatic nitrogens is 1. The molecule has 1 amide bonds. The lowest BCUT2D eigenvalue weighted by molar-refractivity contribution is -0.274. The number of nitrogens with zero attached hydrogens (tertiary/aromatic N) is 2. The first kappa shape index (κ1) is 24.9. The number of fused-ring (bicyclic) bond motifs is 5. The van der Waals surface area contributed by atoms with Gasteiger partial charge < -0.3 is 15.0 Å². The van der Waals surface area contributed by atoms with Crippen molar-refractivity contribution in [1.29, 1.82) is 0 Å². The van der Waals surface area contributed by atoms with Crippen LogP contribution < -0.4 is 10.1 Å². The Morgan fingerprint density at radius 2 is 1.82 bits per heavy atom. The molecule has 7 nitrogen and oxygen atoms in total. The molecule has 0 spiro atoms. The second-order valence-corrected chi connectivity index (χ2v) is 11.2. The van der Waals surface area contributed by atoms with Gasteiger partial charge in [0.05, 0.1) is 17.1 Å². The summed E-state index contributed by atoms with van der Waals surface area (Å²) < 4.78 is 61.5. The summed E-state index contributed by atoms with van der Waals surface area (Å²) in [5, 5.41) is 3.13. The molecule has 3 aliphatic rings. The van der Waals surface area contributed by atoms with Gasteiger partial charge in [0, 0.05) is 36.6 Å². The maximum absolute atomic E-state index is 13.3. The fourth-order valence-electron chi connectivity index (χ4n) is 5.18. The van der Waals surface area contributed by atoms with Gasteiger partial charge in [0.15, 0.2) is 0 Å². The summed E-state index contributed by atoms with van der Waals surface area (Å²) in [5.41, 5.74) is 2.87. The van der Waals surface area contributed by atoms with Gasteiger partial charge in [0.2, 0.25) is 0 Å². The number of carbonyl (C=O) groups is 1. The maximum Gasteiger partial charge on any atom is 0.573 e. The summed E-state index contributed by atoms with van der Waals surface area (Å²) in [7, 11) is -2.61. The predicted molar refractivity (Wildman–Crippen MR) is 126 cm³/mol. The monoisotopic (exact) mass is 519 g/mol. The molecule has 34 heavy (non-hydrogen) atoms. The van der Waals surface area contributed by atoms with Crippen LogP contribution in [-0.4, -0.2) is 55.9 Å². The summed E-state index contributed by atoms with van der Waals surface area (Å²) in [6, 6.07) is 5.60. The Morgan fingerprint density at radius 1 is 1.15 bits per heavy atom. The van der Waals surface area contributed by atoms with E-state index in [0.717, 1.165) is 30.4 Å². The highest BCUT2D eigenvalue weighted by Crippen LogP contribution is 2.56. The molecule has 2 aliphatic carbocycles. The Balaban J connectivity index is 0.00000274. The molecule has 186 valence electrons. The van der Waals surface area contributed by atoms with E-state index in [0.29, 0.717) is 17.1 Å². The van der Waals surface area contributed by atoms with E-state index in [1.807, 2.05) is 0 Å². The second-order valence-electron chi connectivity index (χ2n) is 8.76. The molecular weight excluding hydrogens is 495 g/mol. The maximum atomic E-state index is 13.3. The predicted octanol–water partition coefficient (Wildman–Crippen LogP) is 5.72. The van der Waals surface area contributed by atoms with Crippen LogP contribution in [0.4, 0.5) is 24.7 Å². The lowest BCUT2D eigenvalue weighted by atomic mass is 9.88. The van der Waals surface area contributed by atoms with Crippen molar-refractivity contribution < 1.29 is 31.8 Å². The molecule has 1 aromatic carbocycles. The van der Waals surface area contributed by atoms with E-state index in [1.54, 1.807) is 11.0 Å². The van der Waals surface area contributed by atoms with E-state index in [9.17, 15) is 27.1 Å². The van der Waals surface area contributed by atoms with Crippen molar-refractivity contribution in [3.63, 3.8) is 0 Å². The molecule has 2 bridgehead atoms. The van der Waals surface area contributed by atoms with Gasteiger partial charge in [-0.15, -0.1) is 25.6 Å². The molecule has 2 fully saturated rings. The largest absolute Gasteiger partial charge is 0.573 e. The molecule has 2 atom stereocenters. The van der Waals surface area contributed by atoms with Crippen molar-refractivity contribution in [2.24, 2.45) is 0 Å². The van der Waals surface area contributed by atoms with Crippen molar-refractivity contribution in [3.05, 3.63) is 47.2 Å². The highest BCUT2D eigenvalue weighted by Gasteiger charge is 2.42. The van der Waals surface area contributed by atoms with Crippen LogP contribution in [0.1, 0.15) is 52.6 Å². The molecule has 0 radical (unpaired) electrons. The molecule has 1 saturated heterocycles. The number of alkyl halides is 3. The van der Waals surface area contributed by atoms with Crippen LogP contribution in [0.25, 0.3) is 0 Å². The number of rotatable bonds is 4. The number of anilines is 2. The van der Waals surface area contributed by atoms with Gasteiger partial charge in [-0.25, -0.2) is 4.98 Å². The smallest absolute Gasteiger partial charge is 0.406 e. The van der Waals surface area contributed by atoms with Crippen molar-refractivity contribution in [1.82, 2.24) is 9.88 Å². The van der Waals surface area contributed by atoms with Crippen molar-refractivity contribution in [2.45, 2.75) is 37.5 Å². The minimum Gasteiger partial charge on any atom is -0.406 e. The molecule has 1 aromatic heterocycles. The fourth-order valence-corrected chi connectivity index (χ4v) is 6.41. The standard InChI is InChI=1S/C22H24F3N3O4S.ClH/c23-22(24,25)32-16-3-1-2-15(11-16)27-20-19-14-5-4-13(10-14)18(19)17(12-26-20)21(29)28-6-8-33(30,31)9-7-28;/h1-3,11-14,30-31H,4-10H2,(H,26,27);1H. The SMILES string of the molecule is Cl.O=C(c1cnc(Nc2cccc(OC(F)(F)F)c2)c2c1C1CCC2C1)N1CCS(O)(O)CC1. The number of halogens is 4. The third-order valence-corrected chi connectivity index (χ3v) is 8.30. The molecule has 12 heteroatoms. The van der Waals surface area contributed by atoms with Crippen LogP contribution in [0.3, 0.4) is 0 Å². The van der Waals surface area contributed by atoms with E-state index in [2.05, 4.69) is 15.0 Å². The van der Waals surface area contributed by atoms with Gasteiger partial charge in [-0.1, -0.05) is 6.07 Å². The summed E-state index contributed by atoms with van der Waals surface area (Å²) in [6.45, 7) is 0.575. The van der Waals surface area contributed by atoms with E-state index in [4.69, 9.17) is 0 Å². The minimum absolute atomic E-state index is 0. The van der Waals surface area contributed by atoms with Crippen LogP contribution in [0.15, 0.2) is 30.5 Å². The van der Waals surface area contributed by atoms with Gasteiger partial charge in [0.1, 0.15) is 11.6 Å². The summed E-state index contributed by atoms with van der Waals surface area (Å²) in [4.78, 5) is 19.4. The topological polar surface area (TPSA) is 94.9 Å². The number of hydrogen-bond donors (Lipinski definition) is 3. The lowest BCUT2D eigenvalue weighted by Gasteiger charge is -2.41. The van der Waals surface area contributed by atoms with Crippen molar-refractivity contribution in [2.75, 3.05) is 29.9 Å². The van der Waals surface area contributed by atoms with Gasteiger partial charge in [-0.3, -0.25) is 13.9 Å². The van der Waals surface area contributed by atoms with Crippen LogP contribution in [0.5, 0.6) is 5.75 Å². The number of benzene rings is 1. The second kappa shape index (κ2) is 9.10. The average Bonchev–Trinajstić information content (AvgIpc) is 3.35. The summed E-state index contributed by atoms with van der Waals surface area (Å²) in [6.07, 6.45) is -0.355. The number of carbonyl (C=O) groups excluding carboxylic acids is 1. The number of pyridine rings is 1. The Hall–Kier alpha value is -2.21. The molecule has 3 N–H and O–H groups in total. The Bertz CT molecular complexity index is 1090. The van der Waals surface area contributed by atoms with Gasteiger partial charge in [0.25, 0.3) is 5.91 Å². The average molecular weight is 520 g/mol. The molecular formula is C22H25ClF3N3O4S. The van der Waals surface area contributed by atoms with Gasteiger partial charge >= 0.3 is 6.36 Å². The Labute approximate surface area is 202 Å².